The molecule has 1 heterocycles. The predicted octanol–water partition coefficient (Wildman–Crippen LogP) is 3.92. The van der Waals surface area contributed by atoms with Gasteiger partial charge in [0.05, 0.1) is 22.7 Å². The van der Waals surface area contributed by atoms with Crippen LogP contribution in [-0.4, -0.2) is 16.6 Å². The number of benzene rings is 1. The predicted molar refractivity (Wildman–Crippen MR) is 78.3 cm³/mol. The van der Waals surface area contributed by atoms with Gasteiger partial charge in [-0.15, -0.1) is 0 Å². The van der Waals surface area contributed by atoms with Gasteiger partial charge in [-0.25, -0.2) is 0 Å². The molecule has 1 aliphatic rings. The van der Waals surface area contributed by atoms with Crippen LogP contribution in [-0.2, 0) is 4.74 Å². The Morgan fingerprint density at radius 2 is 2.40 bits per heavy atom. The lowest BCUT2D eigenvalue weighted by atomic mass is 9.99. The fourth-order valence-corrected chi connectivity index (χ4v) is 2.25. The zero-order valence-corrected chi connectivity index (χ0v) is 11.8. The lowest BCUT2D eigenvalue weighted by Crippen LogP contribution is -2.22. The summed E-state index contributed by atoms with van der Waals surface area (Å²) in [6.45, 7) is 7.95. The monoisotopic (exact) mass is 272 g/mol. The van der Waals surface area contributed by atoms with E-state index >= 15 is 0 Å². The van der Waals surface area contributed by atoms with Gasteiger partial charge in [-0.2, -0.15) is 0 Å². The minimum Gasteiger partial charge on any atom is -0.364 e. The van der Waals surface area contributed by atoms with Gasteiger partial charge in [-0.05, 0) is 44.4 Å². The third-order valence-electron chi connectivity index (χ3n) is 3.51. The van der Waals surface area contributed by atoms with Gasteiger partial charge in [0, 0.05) is 6.07 Å². The van der Waals surface area contributed by atoms with Gasteiger partial charge in [0.25, 0.3) is 5.69 Å². The second kappa shape index (κ2) is 5.59. The Morgan fingerprint density at radius 3 is 2.90 bits per heavy atom. The minimum absolute atomic E-state index is 0.0205. The quantitative estimate of drug-likeness (QED) is 0.474. The van der Waals surface area contributed by atoms with E-state index in [0.717, 1.165) is 24.0 Å². The average Bonchev–Trinajstić information content (AvgIpc) is 2.80. The summed E-state index contributed by atoms with van der Waals surface area (Å²) in [7, 11) is 0. The molecule has 1 radical (unpaired) electrons. The van der Waals surface area contributed by atoms with Gasteiger partial charge in [-0.3, -0.25) is 10.1 Å². The van der Waals surface area contributed by atoms with Gasteiger partial charge >= 0.3 is 0 Å². The molecule has 1 saturated heterocycles. The minimum atomic E-state index is -0.452. The van der Waals surface area contributed by atoms with Gasteiger partial charge in [0.2, 0.25) is 0 Å². The Bertz CT molecular complexity index is 547. The Balaban J connectivity index is 2.06. The van der Waals surface area contributed by atoms with Crippen molar-refractivity contribution < 1.29 is 9.66 Å². The highest BCUT2D eigenvalue weighted by Gasteiger charge is 2.33. The lowest BCUT2D eigenvalue weighted by Gasteiger charge is -2.21. The molecule has 20 heavy (non-hydrogen) atoms. The van der Waals surface area contributed by atoms with Crippen LogP contribution in [0.25, 0.3) is 6.08 Å². The van der Waals surface area contributed by atoms with E-state index in [1.807, 2.05) is 26.0 Å². The Kier molecular flexibility index (Phi) is 4.04. The Labute approximate surface area is 118 Å². The topological polar surface area (TPSA) is 52.4 Å². The summed E-state index contributed by atoms with van der Waals surface area (Å²) >= 11 is 0. The third-order valence-corrected chi connectivity index (χ3v) is 3.51. The normalized spacial score (nSPS) is 26.0. The van der Waals surface area contributed by atoms with Crippen LogP contribution in [0.15, 0.2) is 36.4 Å². The molecule has 1 aromatic rings. The molecule has 2 rings (SSSR count). The number of nitro groups is 1. The fourth-order valence-electron chi connectivity index (χ4n) is 2.25. The Morgan fingerprint density at radius 1 is 1.65 bits per heavy atom. The van der Waals surface area contributed by atoms with E-state index in [0.29, 0.717) is 0 Å². The van der Waals surface area contributed by atoms with Crippen LogP contribution < -0.4 is 0 Å². The molecular formula is C16H18NO3. The van der Waals surface area contributed by atoms with E-state index in [9.17, 15) is 10.1 Å². The standard InChI is InChI=1S/C16H18NO3/c1-12(2)15-9-11-16(3,20-15)10-8-13-4-6-14(7-5-13)17(18)19/h4-6,8,10,15H,1,9,11H2,2-3H3/b10-8+. The summed E-state index contributed by atoms with van der Waals surface area (Å²) in [5, 5.41) is 10.6. The van der Waals surface area contributed by atoms with Crippen LogP contribution in [0.3, 0.4) is 0 Å². The van der Waals surface area contributed by atoms with Crippen LogP contribution >= 0.6 is 0 Å². The molecule has 0 aromatic heterocycles. The van der Waals surface area contributed by atoms with Crippen LogP contribution in [0.2, 0.25) is 0 Å². The highest BCUT2D eigenvalue weighted by Crippen LogP contribution is 2.34. The van der Waals surface area contributed by atoms with Crippen molar-refractivity contribution in [2.45, 2.75) is 38.4 Å². The van der Waals surface area contributed by atoms with E-state index in [2.05, 4.69) is 12.6 Å². The number of nitrogens with zero attached hydrogens (tertiary/aromatic N) is 1. The van der Waals surface area contributed by atoms with Crippen LogP contribution in [0.5, 0.6) is 0 Å². The second-order valence-electron chi connectivity index (χ2n) is 5.40. The first kappa shape index (κ1) is 14.5. The summed E-state index contributed by atoms with van der Waals surface area (Å²) in [4.78, 5) is 10.1. The zero-order chi connectivity index (χ0) is 14.8. The first-order valence-electron chi connectivity index (χ1n) is 6.58. The van der Waals surface area contributed by atoms with E-state index in [1.54, 1.807) is 12.1 Å². The van der Waals surface area contributed by atoms with Crippen molar-refractivity contribution in [2.75, 3.05) is 0 Å². The van der Waals surface area contributed by atoms with E-state index in [-0.39, 0.29) is 17.4 Å². The molecule has 0 aliphatic carbocycles. The third kappa shape index (κ3) is 3.33. The van der Waals surface area contributed by atoms with Gasteiger partial charge in [-0.1, -0.05) is 24.3 Å². The molecule has 2 unspecified atom stereocenters. The highest BCUT2D eigenvalue weighted by atomic mass is 16.6. The fraction of sp³-hybridized carbons (Fsp3) is 0.375. The van der Waals surface area contributed by atoms with Crippen molar-refractivity contribution in [1.29, 1.82) is 0 Å². The number of rotatable bonds is 4. The van der Waals surface area contributed by atoms with E-state index in [1.165, 1.54) is 6.07 Å². The van der Waals surface area contributed by atoms with Gasteiger partial charge < -0.3 is 4.74 Å². The van der Waals surface area contributed by atoms with Crippen LogP contribution in [0, 0.1) is 16.2 Å². The van der Waals surface area contributed by atoms with Crippen molar-refractivity contribution in [2.24, 2.45) is 0 Å². The van der Waals surface area contributed by atoms with Gasteiger partial charge in [0.15, 0.2) is 0 Å². The number of non-ortho nitro benzene ring substituents is 1. The van der Waals surface area contributed by atoms with Crippen LogP contribution in [0.1, 0.15) is 32.3 Å². The summed E-state index contributed by atoms with van der Waals surface area (Å²) in [6.07, 6.45) is 5.96. The van der Waals surface area contributed by atoms with Crippen molar-refractivity contribution >= 4 is 11.8 Å². The molecule has 1 aliphatic heterocycles. The largest absolute Gasteiger partial charge is 0.364 e. The molecule has 0 amide bonds. The maximum atomic E-state index is 10.6. The van der Waals surface area contributed by atoms with Crippen molar-refractivity contribution in [3.05, 3.63) is 58.2 Å². The number of nitro benzene ring substituents is 1. The summed E-state index contributed by atoms with van der Waals surface area (Å²) < 4.78 is 5.99. The van der Waals surface area contributed by atoms with E-state index in [4.69, 9.17) is 4.74 Å². The molecule has 105 valence electrons. The SMILES string of the molecule is C=C(C)C1CCC(C)(/C=C/c2c[c]c([N+](=O)[O-])cc2)O1. The molecule has 2 atom stereocenters. The number of hydrogen-bond donors (Lipinski definition) is 0. The summed E-state index contributed by atoms with van der Waals surface area (Å²) in [5.41, 5.74) is 1.60. The summed E-state index contributed by atoms with van der Waals surface area (Å²) in [5.74, 6) is 0. The molecule has 0 N–H and O–H groups in total. The van der Waals surface area contributed by atoms with Crippen molar-refractivity contribution in [1.82, 2.24) is 0 Å². The zero-order valence-electron chi connectivity index (χ0n) is 11.8. The van der Waals surface area contributed by atoms with Crippen molar-refractivity contribution in [3.63, 3.8) is 0 Å². The first-order valence-corrected chi connectivity index (χ1v) is 6.58. The maximum absolute atomic E-state index is 10.6. The smallest absolute Gasteiger partial charge is 0.277 e. The Hall–Kier alpha value is -1.94. The molecule has 1 fully saturated rings. The van der Waals surface area contributed by atoms with E-state index < -0.39 is 4.92 Å². The molecule has 0 spiro atoms. The molecule has 1 aromatic carbocycles. The second-order valence-corrected chi connectivity index (χ2v) is 5.40. The average molecular weight is 272 g/mol. The van der Waals surface area contributed by atoms with Gasteiger partial charge in [0.1, 0.15) is 0 Å². The lowest BCUT2D eigenvalue weighted by molar-refractivity contribution is -0.385. The molecular weight excluding hydrogens is 254 g/mol. The molecule has 4 nitrogen and oxygen atoms in total. The first-order chi connectivity index (χ1) is 9.39. The van der Waals surface area contributed by atoms with Crippen molar-refractivity contribution in [3.8, 4) is 0 Å². The number of ether oxygens (including phenoxy) is 1. The number of hydrogen-bond acceptors (Lipinski definition) is 3. The molecule has 0 saturated carbocycles. The highest BCUT2D eigenvalue weighted by molar-refractivity contribution is 5.52. The molecule has 0 bridgehead atoms. The molecule has 4 heteroatoms. The van der Waals surface area contributed by atoms with Crippen LogP contribution in [0.4, 0.5) is 5.69 Å². The maximum Gasteiger partial charge on any atom is 0.277 e. The summed E-state index contributed by atoms with van der Waals surface area (Å²) in [6, 6.07) is 7.42.